The van der Waals surface area contributed by atoms with Crippen LogP contribution >= 0.6 is 0 Å². The number of hydrogen-bond donors (Lipinski definition) is 1. The average Bonchev–Trinajstić information content (AvgIpc) is 2.82. The highest BCUT2D eigenvalue weighted by atomic mass is 32.2. The number of nitrogens with zero attached hydrogens (tertiary/aromatic N) is 2. The third kappa shape index (κ3) is 6.13. The van der Waals surface area contributed by atoms with E-state index in [2.05, 4.69) is 5.32 Å². The molecule has 0 aliphatic carbocycles. The van der Waals surface area contributed by atoms with Crippen molar-refractivity contribution >= 4 is 26.0 Å². The molecule has 186 valence electrons. The first-order valence-electron chi connectivity index (χ1n) is 10.6. The lowest BCUT2D eigenvalue weighted by molar-refractivity contribution is -0.123. The molecule has 2 aromatic rings. The van der Waals surface area contributed by atoms with Gasteiger partial charge in [-0.1, -0.05) is 12.1 Å². The van der Waals surface area contributed by atoms with Crippen LogP contribution in [0.4, 0.5) is 0 Å². The minimum absolute atomic E-state index is 0.170. The highest BCUT2D eigenvalue weighted by Crippen LogP contribution is 2.24. The van der Waals surface area contributed by atoms with Crippen molar-refractivity contribution in [1.82, 2.24) is 13.9 Å². The minimum Gasteiger partial charge on any atom is -0.484 e. The van der Waals surface area contributed by atoms with Crippen molar-refractivity contribution in [2.75, 3.05) is 47.0 Å². The second-order valence-corrected chi connectivity index (χ2v) is 12.0. The van der Waals surface area contributed by atoms with Crippen molar-refractivity contribution in [2.45, 2.75) is 23.3 Å². The number of amides is 1. The van der Waals surface area contributed by atoms with Crippen LogP contribution in [0.15, 0.2) is 52.3 Å². The lowest BCUT2D eigenvalue weighted by Crippen LogP contribution is -2.40. The van der Waals surface area contributed by atoms with Gasteiger partial charge in [0.05, 0.1) is 23.0 Å². The fourth-order valence-electron chi connectivity index (χ4n) is 3.27. The molecule has 3 rings (SSSR count). The molecule has 0 aromatic heterocycles. The van der Waals surface area contributed by atoms with Crippen LogP contribution in [0.2, 0.25) is 0 Å². The third-order valence-corrected chi connectivity index (χ3v) is 9.03. The van der Waals surface area contributed by atoms with Crippen LogP contribution in [-0.4, -0.2) is 78.4 Å². The van der Waals surface area contributed by atoms with E-state index in [4.69, 9.17) is 9.47 Å². The number of benzene rings is 2. The second-order valence-electron chi connectivity index (χ2n) is 7.94. The maximum Gasteiger partial charge on any atom is 0.258 e. The first-order chi connectivity index (χ1) is 16.0. The Bertz CT molecular complexity index is 1220. The summed E-state index contributed by atoms with van der Waals surface area (Å²) in [6.07, 6.45) is 0. The van der Waals surface area contributed by atoms with E-state index in [1.54, 1.807) is 25.1 Å². The largest absolute Gasteiger partial charge is 0.484 e. The predicted molar refractivity (Wildman–Crippen MR) is 125 cm³/mol. The van der Waals surface area contributed by atoms with Gasteiger partial charge in [-0.3, -0.25) is 4.79 Å². The van der Waals surface area contributed by atoms with Crippen LogP contribution in [0.25, 0.3) is 0 Å². The van der Waals surface area contributed by atoms with E-state index >= 15 is 0 Å². The molecule has 1 aliphatic rings. The molecule has 12 heteroatoms. The molecule has 1 heterocycles. The number of ether oxygens (including phenoxy) is 2. The highest BCUT2D eigenvalue weighted by Gasteiger charge is 2.26. The summed E-state index contributed by atoms with van der Waals surface area (Å²) in [6.45, 7) is 3.04. The molecule has 0 spiro atoms. The molecular weight excluding hydrogens is 482 g/mol. The maximum atomic E-state index is 12.8. The molecule has 0 bridgehead atoms. The number of carbonyl (C=O) groups excluding carboxylic acids is 1. The van der Waals surface area contributed by atoms with Crippen LogP contribution in [0.5, 0.6) is 5.75 Å². The molecule has 0 radical (unpaired) electrons. The molecule has 1 fully saturated rings. The number of nitrogens with one attached hydrogen (secondary N) is 1. The first kappa shape index (κ1) is 26.1. The molecule has 0 unspecified atom stereocenters. The summed E-state index contributed by atoms with van der Waals surface area (Å²) in [6, 6.07) is 10.8. The lowest BCUT2D eigenvalue weighted by atomic mass is 10.2. The fourth-order valence-corrected chi connectivity index (χ4v) is 5.66. The van der Waals surface area contributed by atoms with E-state index in [0.29, 0.717) is 37.6 Å². The second kappa shape index (κ2) is 10.8. The van der Waals surface area contributed by atoms with E-state index in [0.717, 1.165) is 9.87 Å². The zero-order chi connectivity index (χ0) is 24.9. The predicted octanol–water partition coefficient (Wildman–Crippen LogP) is 0.961. The monoisotopic (exact) mass is 511 g/mol. The van der Waals surface area contributed by atoms with E-state index < -0.39 is 20.0 Å². The third-order valence-electron chi connectivity index (χ3n) is 5.30. The van der Waals surface area contributed by atoms with E-state index in [1.165, 1.54) is 42.7 Å². The van der Waals surface area contributed by atoms with Gasteiger partial charge in [-0.15, -0.1) is 0 Å². The number of hydrogen-bond acceptors (Lipinski definition) is 7. The molecule has 10 nitrogen and oxygen atoms in total. The molecule has 1 saturated heterocycles. The smallest absolute Gasteiger partial charge is 0.258 e. The SMILES string of the molecule is Cc1cc(S(=O)(=O)N2CCOCC2)ccc1OCC(=O)NCc1ccc(S(=O)(=O)N(C)C)cc1. The Morgan fingerprint density at radius 1 is 1.03 bits per heavy atom. The van der Waals surface area contributed by atoms with Gasteiger partial charge in [-0.2, -0.15) is 4.31 Å². The van der Waals surface area contributed by atoms with Crippen LogP contribution in [0.3, 0.4) is 0 Å². The summed E-state index contributed by atoms with van der Waals surface area (Å²) in [4.78, 5) is 12.5. The van der Waals surface area contributed by atoms with Crippen molar-refractivity contribution in [3.8, 4) is 5.75 Å². The lowest BCUT2D eigenvalue weighted by Gasteiger charge is -2.26. The molecule has 1 amide bonds. The van der Waals surface area contributed by atoms with Gasteiger partial charge < -0.3 is 14.8 Å². The van der Waals surface area contributed by atoms with E-state index in [1.807, 2.05) is 0 Å². The Morgan fingerprint density at radius 3 is 2.24 bits per heavy atom. The Balaban J connectivity index is 1.54. The normalized spacial score (nSPS) is 15.3. The zero-order valence-corrected chi connectivity index (χ0v) is 21.0. The molecule has 0 saturated carbocycles. The summed E-state index contributed by atoms with van der Waals surface area (Å²) in [5.41, 5.74) is 1.33. The number of sulfonamides is 2. The zero-order valence-electron chi connectivity index (χ0n) is 19.4. The molecule has 1 aliphatic heterocycles. The van der Waals surface area contributed by atoms with Crippen molar-refractivity contribution < 1.29 is 31.1 Å². The van der Waals surface area contributed by atoms with Crippen molar-refractivity contribution in [2.24, 2.45) is 0 Å². The Morgan fingerprint density at radius 2 is 1.65 bits per heavy atom. The number of aryl methyl sites for hydroxylation is 1. The Hall–Kier alpha value is -2.51. The van der Waals surface area contributed by atoms with E-state index in [9.17, 15) is 21.6 Å². The van der Waals surface area contributed by atoms with Crippen molar-refractivity contribution in [3.05, 3.63) is 53.6 Å². The van der Waals surface area contributed by atoms with Gasteiger partial charge in [0.2, 0.25) is 20.0 Å². The van der Waals surface area contributed by atoms with Gasteiger partial charge >= 0.3 is 0 Å². The van der Waals surface area contributed by atoms with Gasteiger partial charge in [0.25, 0.3) is 5.91 Å². The van der Waals surface area contributed by atoms with Crippen molar-refractivity contribution in [3.63, 3.8) is 0 Å². The summed E-state index contributed by atoms with van der Waals surface area (Å²) >= 11 is 0. The minimum atomic E-state index is -3.61. The Kier molecular flexibility index (Phi) is 8.31. The van der Waals surface area contributed by atoms with Gasteiger partial charge in [0, 0.05) is 33.7 Å². The van der Waals surface area contributed by atoms with E-state index in [-0.39, 0.29) is 28.8 Å². The quantitative estimate of drug-likeness (QED) is 0.532. The van der Waals surface area contributed by atoms with Crippen LogP contribution in [-0.2, 0) is 36.1 Å². The topological polar surface area (TPSA) is 122 Å². The number of morpholine rings is 1. The van der Waals surface area contributed by atoms with Crippen molar-refractivity contribution in [1.29, 1.82) is 0 Å². The van der Waals surface area contributed by atoms with Gasteiger partial charge in [0.15, 0.2) is 6.61 Å². The summed E-state index contributed by atoms with van der Waals surface area (Å²) in [5.74, 6) is 0.0451. The van der Waals surface area contributed by atoms with Gasteiger partial charge in [0.1, 0.15) is 5.75 Å². The summed E-state index contributed by atoms with van der Waals surface area (Å²) in [5, 5.41) is 2.71. The highest BCUT2D eigenvalue weighted by molar-refractivity contribution is 7.89. The van der Waals surface area contributed by atoms with Gasteiger partial charge in [-0.25, -0.2) is 21.1 Å². The first-order valence-corrected chi connectivity index (χ1v) is 13.5. The number of carbonyl (C=O) groups is 1. The molecule has 0 atom stereocenters. The van der Waals surface area contributed by atoms with Gasteiger partial charge in [-0.05, 0) is 48.4 Å². The standard InChI is InChI=1S/C22H29N3O7S2/c1-17-14-20(34(29,30)25-10-12-31-13-11-25)8-9-21(17)32-16-22(26)23-15-18-4-6-19(7-5-18)33(27,28)24(2)3/h4-9,14H,10-13,15-16H2,1-3H3,(H,23,26). The molecular formula is C22H29N3O7S2. The van der Waals surface area contributed by atoms with Crippen LogP contribution < -0.4 is 10.1 Å². The molecule has 2 aromatic carbocycles. The molecule has 1 N–H and O–H groups in total. The van der Waals surface area contributed by atoms with Crippen LogP contribution in [0.1, 0.15) is 11.1 Å². The number of rotatable bonds is 9. The Labute approximate surface area is 200 Å². The molecule has 34 heavy (non-hydrogen) atoms. The summed E-state index contributed by atoms with van der Waals surface area (Å²) in [7, 11) is -4.20. The summed E-state index contributed by atoms with van der Waals surface area (Å²) < 4.78 is 63.1. The van der Waals surface area contributed by atoms with Crippen LogP contribution in [0, 0.1) is 6.92 Å². The maximum absolute atomic E-state index is 12.8. The average molecular weight is 512 g/mol. The fraction of sp³-hybridized carbons (Fsp3) is 0.409.